The van der Waals surface area contributed by atoms with Gasteiger partial charge in [0.1, 0.15) is 11.2 Å². The quantitative estimate of drug-likeness (QED) is 0.685. The van der Waals surface area contributed by atoms with Crippen LogP contribution in [-0.4, -0.2) is 17.5 Å². The number of nitrogens with zero attached hydrogens (tertiary/aromatic N) is 1. The Morgan fingerprint density at radius 1 is 1.54 bits per heavy atom. The number of ether oxygens (including phenoxy) is 1. The fourth-order valence-corrected chi connectivity index (χ4v) is 2.11. The Labute approximate surface area is 97.9 Å². The van der Waals surface area contributed by atoms with Gasteiger partial charge in [0.15, 0.2) is 11.6 Å². The maximum atomic E-state index is 5.62. The van der Waals surface area contributed by atoms with Crippen LogP contribution >= 0.6 is 43.5 Å². The Hall–Kier alpha value is -0.000000000000000111. The Kier molecular flexibility index (Phi) is 4.28. The molecule has 2 N–H and O–H groups in total. The minimum atomic E-state index is 0.339. The topological polar surface area (TPSA) is 48.1 Å². The van der Waals surface area contributed by atoms with Crippen molar-refractivity contribution in [2.24, 2.45) is 0 Å². The highest BCUT2D eigenvalue weighted by molar-refractivity contribution is 9.11. The number of aromatic nitrogens is 1. The SMILES string of the molecule is Nc1nc(Br)cc(Br)c1OCCCl. The molecule has 0 radical (unpaired) electrons. The van der Waals surface area contributed by atoms with Crippen LogP contribution in [0.15, 0.2) is 15.1 Å². The van der Waals surface area contributed by atoms with Gasteiger partial charge in [-0.3, -0.25) is 0 Å². The van der Waals surface area contributed by atoms with Gasteiger partial charge in [0.05, 0.1) is 10.4 Å². The molecular weight excluding hydrogens is 323 g/mol. The van der Waals surface area contributed by atoms with Crippen LogP contribution in [0.3, 0.4) is 0 Å². The van der Waals surface area contributed by atoms with Crippen molar-refractivity contribution in [1.82, 2.24) is 4.98 Å². The molecule has 0 spiro atoms. The standard InChI is InChI=1S/C7H7Br2ClN2O/c8-4-3-5(9)12-7(11)6(4)13-2-1-10/h3H,1-2H2,(H2,11,12). The molecule has 6 heteroatoms. The Morgan fingerprint density at radius 2 is 2.23 bits per heavy atom. The zero-order valence-electron chi connectivity index (χ0n) is 6.56. The number of pyridine rings is 1. The summed E-state index contributed by atoms with van der Waals surface area (Å²) in [5, 5.41) is 0. The molecule has 1 aromatic heterocycles. The van der Waals surface area contributed by atoms with Crippen molar-refractivity contribution < 1.29 is 4.74 Å². The minimum Gasteiger partial charge on any atom is -0.487 e. The number of anilines is 1. The van der Waals surface area contributed by atoms with Crippen molar-refractivity contribution >= 4 is 49.3 Å². The highest BCUT2D eigenvalue weighted by Gasteiger charge is 2.08. The first-order chi connectivity index (χ1) is 6.15. The van der Waals surface area contributed by atoms with Gasteiger partial charge in [0.2, 0.25) is 0 Å². The smallest absolute Gasteiger partial charge is 0.175 e. The molecule has 72 valence electrons. The summed E-state index contributed by atoms with van der Waals surface area (Å²) in [6.45, 7) is 0.410. The molecule has 0 saturated heterocycles. The number of halogens is 3. The van der Waals surface area contributed by atoms with E-state index >= 15 is 0 Å². The van der Waals surface area contributed by atoms with Crippen molar-refractivity contribution in [3.8, 4) is 5.75 Å². The van der Waals surface area contributed by atoms with Crippen molar-refractivity contribution in [2.75, 3.05) is 18.2 Å². The van der Waals surface area contributed by atoms with E-state index in [1.165, 1.54) is 0 Å². The van der Waals surface area contributed by atoms with Crippen LogP contribution < -0.4 is 10.5 Å². The van der Waals surface area contributed by atoms with Crippen molar-refractivity contribution in [3.05, 3.63) is 15.1 Å². The molecule has 0 aliphatic heterocycles. The second-order valence-corrected chi connectivity index (χ2v) is 4.22. The van der Waals surface area contributed by atoms with E-state index in [1.807, 2.05) is 0 Å². The summed E-state index contributed by atoms with van der Waals surface area (Å²) < 4.78 is 6.71. The lowest BCUT2D eigenvalue weighted by Crippen LogP contribution is -2.03. The highest BCUT2D eigenvalue weighted by Crippen LogP contribution is 2.32. The van der Waals surface area contributed by atoms with Crippen LogP contribution in [0.2, 0.25) is 0 Å². The van der Waals surface area contributed by atoms with E-state index in [0.29, 0.717) is 28.7 Å². The van der Waals surface area contributed by atoms with Gasteiger partial charge in [0.25, 0.3) is 0 Å². The average molecular weight is 330 g/mol. The predicted octanol–water partition coefficient (Wildman–Crippen LogP) is 2.81. The minimum absolute atomic E-state index is 0.339. The van der Waals surface area contributed by atoms with Crippen LogP contribution in [0.4, 0.5) is 5.82 Å². The number of alkyl halides is 1. The van der Waals surface area contributed by atoms with Crippen molar-refractivity contribution in [2.45, 2.75) is 0 Å². The Bertz CT molecular complexity index is 286. The van der Waals surface area contributed by atoms with Crippen molar-refractivity contribution in [3.63, 3.8) is 0 Å². The summed E-state index contributed by atoms with van der Waals surface area (Å²) in [7, 11) is 0. The molecule has 0 unspecified atom stereocenters. The number of hydrogen-bond donors (Lipinski definition) is 1. The molecule has 0 amide bonds. The van der Waals surface area contributed by atoms with Crippen molar-refractivity contribution in [1.29, 1.82) is 0 Å². The van der Waals surface area contributed by atoms with Crippen LogP contribution in [0.5, 0.6) is 5.75 Å². The average Bonchev–Trinajstić information content (AvgIpc) is 2.02. The third-order valence-corrected chi connectivity index (χ3v) is 2.40. The lowest BCUT2D eigenvalue weighted by Gasteiger charge is -2.08. The van der Waals surface area contributed by atoms with E-state index in [9.17, 15) is 0 Å². The van der Waals surface area contributed by atoms with Gasteiger partial charge < -0.3 is 10.5 Å². The summed E-state index contributed by atoms with van der Waals surface area (Å²) >= 11 is 12.0. The number of rotatable bonds is 3. The molecule has 1 aromatic rings. The number of nitrogens with two attached hydrogens (primary N) is 1. The summed E-state index contributed by atoms with van der Waals surface area (Å²) in [5.41, 5.74) is 5.62. The van der Waals surface area contributed by atoms with Crippen LogP contribution in [0, 0.1) is 0 Å². The monoisotopic (exact) mass is 328 g/mol. The number of hydrogen-bond acceptors (Lipinski definition) is 3. The predicted molar refractivity (Wildman–Crippen MR) is 60.3 cm³/mol. The third-order valence-electron chi connectivity index (χ3n) is 1.25. The molecule has 0 atom stereocenters. The molecule has 0 aliphatic carbocycles. The maximum absolute atomic E-state index is 5.62. The molecule has 1 rings (SSSR count). The zero-order valence-corrected chi connectivity index (χ0v) is 10.5. The highest BCUT2D eigenvalue weighted by atomic mass is 79.9. The van der Waals surface area contributed by atoms with Crippen LogP contribution in [0.25, 0.3) is 0 Å². The van der Waals surface area contributed by atoms with Gasteiger partial charge in [0, 0.05) is 0 Å². The number of nitrogen functional groups attached to an aromatic ring is 1. The second kappa shape index (κ2) is 5.02. The van der Waals surface area contributed by atoms with E-state index in [0.717, 1.165) is 4.47 Å². The fraction of sp³-hybridized carbons (Fsp3) is 0.286. The third kappa shape index (κ3) is 3.00. The van der Waals surface area contributed by atoms with Gasteiger partial charge in [-0.2, -0.15) is 0 Å². The molecule has 3 nitrogen and oxygen atoms in total. The van der Waals surface area contributed by atoms with Crippen LogP contribution in [0.1, 0.15) is 0 Å². The largest absolute Gasteiger partial charge is 0.487 e. The molecule has 13 heavy (non-hydrogen) atoms. The van der Waals surface area contributed by atoms with E-state index in [4.69, 9.17) is 22.1 Å². The molecule has 0 fully saturated rings. The fourth-order valence-electron chi connectivity index (χ4n) is 0.774. The summed E-state index contributed by atoms with van der Waals surface area (Å²) in [4.78, 5) is 3.98. The summed E-state index contributed by atoms with van der Waals surface area (Å²) in [6, 6.07) is 1.76. The normalized spacial score (nSPS) is 10.1. The van der Waals surface area contributed by atoms with E-state index in [1.54, 1.807) is 6.07 Å². The first-order valence-electron chi connectivity index (χ1n) is 3.45. The van der Waals surface area contributed by atoms with Gasteiger partial charge >= 0.3 is 0 Å². The molecule has 1 heterocycles. The zero-order chi connectivity index (χ0) is 9.84. The van der Waals surface area contributed by atoms with E-state index < -0.39 is 0 Å². The van der Waals surface area contributed by atoms with Gasteiger partial charge in [-0.05, 0) is 37.9 Å². The van der Waals surface area contributed by atoms with Gasteiger partial charge in [-0.15, -0.1) is 11.6 Å². The van der Waals surface area contributed by atoms with Gasteiger partial charge in [-0.1, -0.05) is 0 Å². The first-order valence-corrected chi connectivity index (χ1v) is 5.57. The molecule has 0 saturated carbocycles. The lowest BCUT2D eigenvalue weighted by molar-refractivity contribution is 0.341. The molecular formula is C7H7Br2ClN2O. The molecule has 0 aliphatic rings. The Balaban J connectivity index is 2.92. The molecule has 0 aromatic carbocycles. The maximum Gasteiger partial charge on any atom is 0.175 e. The molecule has 0 bridgehead atoms. The lowest BCUT2D eigenvalue weighted by atomic mass is 10.4. The van der Waals surface area contributed by atoms with Gasteiger partial charge in [-0.25, -0.2) is 4.98 Å². The first kappa shape index (κ1) is 11.1. The second-order valence-electron chi connectivity index (χ2n) is 2.18. The van der Waals surface area contributed by atoms with Crippen LogP contribution in [-0.2, 0) is 0 Å². The Morgan fingerprint density at radius 3 is 2.77 bits per heavy atom. The summed E-state index contributed by atoms with van der Waals surface area (Å²) in [6.07, 6.45) is 0. The summed E-state index contributed by atoms with van der Waals surface area (Å²) in [5.74, 6) is 1.29. The van der Waals surface area contributed by atoms with E-state index in [-0.39, 0.29) is 0 Å². The van der Waals surface area contributed by atoms with E-state index in [2.05, 4.69) is 36.8 Å².